The van der Waals surface area contributed by atoms with Crippen molar-refractivity contribution in [1.29, 1.82) is 0 Å². The van der Waals surface area contributed by atoms with Crippen molar-refractivity contribution in [2.75, 3.05) is 6.61 Å². The molecule has 2 nitrogen and oxygen atoms in total. The molecule has 0 radical (unpaired) electrons. The van der Waals surface area contributed by atoms with Gasteiger partial charge in [-0.05, 0) is 39.9 Å². The van der Waals surface area contributed by atoms with Gasteiger partial charge in [0.25, 0.3) is 0 Å². The summed E-state index contributed by atoms with van der Waals surface area (Å²) in [5, 5.41) is 0. The molecule has 0 amide bonds. The molecule has 0 saturated heterocycles. The van der Waals surface area contributed by atoms with Gasteiger partial charge in [0.2, 0.25) is 0 Å². The molecule has 0 fully saturated rings. The molecule has 0 aliphatic carbocycles. The van der Waals surface area contributed by atoms with E-state index in [1.165, 1.54) is 12.8 Å². The Hall–Kier alpha value is -0.610. The lowest BCUT2D eigenvalue weighted by atomic mass is 10.0. The number of ether oxygens (including phenoxy) is 1. The van der Waals surface area contributed by atoms with Crippen LogP contribution in [0.4, 0.5) is 4.39 Å². The lowest BCUT2D eigenvalue weighted by Gasteiger charge is -2.16. The molecular weight excluding hydrogens is 309 g/mol. The molecule has 0 bridgehead atoms. The molecule has 0 spiro atoms. The van der Waals surface area contributed by atoms with E-state index in [9.17, 15) is 4.39 Å². The van der Waals surface area contributed by atoms with Gasteiger partial charge in [-0.15, -0.1) is 0 Å². The number of hydrogen-bond donors (Lipinski definition) is 1. The van der Waals surface area contributed by atoms with Gasteiger partial charge < -0.3 is 10.5 Å². The van der Waals surface area contributed by atoms with E-state index in [0.29, 0.717) is 29.3 Å². The zero-order valence-electron chi connectivity index (χ0n) is 11.7. The minimum Gasteiger partial charge on any atom is -0.490 e. The molecule has 19 heavy (non-hydrogen) atoms. The Labute approximate surface area is 123 Å². The van der Waals surface area contributed by atoms with Gasteiger partial charge in [0.05, 0.1) is 11.1 Å². The highest BCUT2D eigenvalue weighted by Gasteiger charge is 2.13. The first kappa shape index (κ1) is 16.4. The average molecular weight is 332 g/mol. The molecule has 108 valence electrons. The van der Waals surface area contributed by atoms with Crippen LogP contribution < -0.4 is 10.5 Å². The topological polar surface area (TPSA) is 35.2 Å². The van der Waals surface area contributed by atoms with Crippen LogP contribution in [0, 0.1) is 11.7 Å². The molecule has 0 heterocycles. The number of hydrogen-bond acceptors (Lipinski definition) is 2. The van der Waals surface area contributed by atoms with Crippen molar-refractivity contribution in [3.8, 4) is 5.75 Å². The van der Waals surface area contributed by atoms with E-state index in [0.717, 1.165) is 18.4 Å². The van der Waals surface area contributed by atoms with Crippen molar-refractivity contribution in [3.63, 3.8) is 0 Å². The molecule has 1 unspecified atom stereocenters. The lowest BCUT2D eigenvalue weighted by Crippen LogP contribution is -2.12. The van der Waals surface area contributed by atoms with Crippen LogP contribution in [0.1, 0.15) is 45.1 Å². The van der Waals surface area contributed by atoms with Crippen LogP contribution in [-0.2, 0) is 6.54 Å². The van der Waals surface area contributed by atoms with Crippen LogP contribution in [0.15, 0.2) is 16.6 Å². The van der Waals surface area contributed by atoms with E-state index < -0.39 is 0 Å². The van der Waals surface area contributed by atoms with Gasteiger partial charge in [-0.3, -0.25) is 0 Å². The zero-order chi connectivity index (χ0) is 14.3. The fraction of sp³-hybridized carbons (Fsp3) is 0.600. The van der Waals surface area contributed by atoms with E-state index >= 15 is 0 Å². The van der Waals surface area contributed by atoms with Crippen LogP contribution in [-0.4, -0.2) is 6.61 Å². The zero-order valence-corrected chi connectivity index (χ0v) is 13.3. The molecule has 0 aliphatic rings. The maximum atomic E-state index is 14.0. The molecule has 1 aromatic carbocycles. The maximum Gasteiger partial charge on any atom is 0.179 e. The lowest BCUT2D eigenvalue weighted by molar-refractivity contribution is 0.224. The van der Waals surface area contributed by atoms with Crippen molar-refractivity contribution in [1.82, 2.24) is 0 Å². The fourth-order valence-electron chi connectivity index (χ4n) is 1.95. The van der Waals surface area contributed by atoms with Crippen molar-refractivity contribution < 1.29 is 9.13 Å². The Morgan fingerprint density at radius 2 is 2.11 bits per heavy atom. The van der Waals surface area contributed by atoms with Crippen LogP contribution in [0.5, 0.6) is 5.75 Å². The smallest absolute Gasteiger partial charge is 0.179 e. The first-order valence-corrected chi connectivity index (χ1v) is 7.73. The number of nitrogens with two attached hydrogens (primary N) is 1. The minimum absolute atomic E-state index is 0.305. The maximum absolute atomic E-state index is 14.0. The van der Waals surface area contributed by atoms with Gasteiger partial charge in [-0.25, -0.2) is 4.39 Å². The molecule has 1 rings (SSSR count). The summed E-state index contributed by atoms with van der Waals surface area (Å²) in [6.07, 6.45) is 4.57. The first-order chi connectivity index (χ1) is 9.13. The summed E-state index contributed by atoms with van der Waals surface area (Å²) in [6.45, 7) is 5.21. The second kappa shape index (κ2) is 8.54. The van der Waals surface area contributed by atoms with Crippen LogP contribution in [0.2, 0.25) is 0 Å². The van der Waals surface area contributed by atoms with E-state index in [4.69, 9.17) is 10.5 Å². The summed E-state index contributed by atoms with van der Waals surface area (Å²) < 4.78 is 20.1. The van der Waals surface area contributed by atoms with Crippen molar-refractivity contribution >= 4 is 15.9 Å². The van der Waals surface area contributed by atoms with Crippen LogP contribution in [0.3, 0.4) is 0 Å². The fourth-order valence-corrected chi connectivity index (χ4v) is 2.44. The third-order valence-electron chi connectivity index (χ3n) is 3.36. The largest absolute Gasteiger partial charge is 0.490 e. The monoisotopic (exact) mass is 331 g/mol. The van der Waals surface area contributed by atoms with Gasteiger partial charge in [-0.1, -0.05) is 39.2 Å². The second-order valence-electron chi connectivity index (χ2n) is 4.78. The highest BCUT2D eigenvalue weighted by atomic mass is 79.9. The van der Waals surface area contributed by atoms with E-state index in [1.54, 1.807) is 12.1 Å². The van der Waals surface area contributed by atoms with E-state index in [-0.39, 0.29) is 5.82 Å². The summed E-state index contributed by atoms with van der Waals surface area (Å²) in [4.78, 5) is 0. The third-order valence-corrected chi connectivity index (χ3v) is 4.22. The molecule has 1 aromatic rings. The normalized spacial score (nSPS) is 12.5. The predicted molar refractivity (Wildman–Crippen MR) is 80.8 cm³/mol. The van der Waals surface area contributed by atoms with Crippen LogP contribution >= 0.6 is 15.9 Å². The molecule has 4 heteroatoms. The van der Waals surface area contributed by atoms with E-state index in [2.05, 4.69) is 29.8 Å². The number of unbranched alkanes of at least 4 members (excludes halogenated alkanes) is 1. The summed E-state index contributed by atoms with van der Waals surface area (Å²) in [5.41, 5.74) is 6.28. The van der Waals surface area contributed by atoms with Gasteiger partial charge in [0.15, 0.2) is 11.6 Å². The summed E-state index contributed by atoms with van der Waals surface area (Å²) >= 11 is 3.22. The van der Waals surface area contributed by atoms with Gasteiger partial charge >= 0.3 is 0 Å². The average Bonchev–Trinajstić information content (AvgIpc) is 2.43. The van der Waals surface area contributed by atoms with Gasteiger partial charge in [0.1, 0.15) is 0 Å². The Morgan fingerprint density at radius 1 is 1.37 bits per heavy atom. The Balaban J connectivity index is 2.64. The Kier molecular flexibility index (Phi) is 7.39. The summed E-state index contributed by atoms with van der Waals surface area (Å²) in [6, 6.07) is 3.46. The Morgan fingerprint density at radius 3 is 2.68 bits per heavy atom. The number of rotatable bonds is 8. The highest BCUT2D eigenvalue weighted by Crippen LogP contribution is 2.29. The standard InChI is InChI=1S/C15H23BrFNO/c1-3-5-6-11(4-2)10-19-13-8-7-12(9-18)14(16)15(13)17/h7-8,11H,3-6,9-10,18H2,1-2H3. The van der Waals surface area contributed by atoms with Crippen LogP contribution in [0.25, 0.3) is 0 Å². The molecule has 0 aromatic heterocycles. The van der Waals surface area contributed by atoms with E-state index in [1.807, 2.05) is 0 Å². The molecule has 0 aliphatic heterocycles. The third kappa shape index (κ3) is 4.77. The van der Waals surface area contributed by atoms with Crippen molar-refractivity contribution in [2.24, 2.45) is 11.7 Å². The first-order valence-electron chi connectivity index (χ1n) is 6.93. The summed E-state index contributed by atoms with van der Waals surface area (Å²) in [7, 11) is 0. The molecular formula is C15H23BrFNO. The van der Waals surface area contributed by atoms with Gasteiger partial charge in [0, 0.05) is 6.54 Å². The highest BCUT2D eigenvalue weighted by molar-refractivity contribution is 9.10. The van der Waals surface area contributed by atoms with Gasteiger partial charge in [-0.2, -0.15) is 0 Å². The second-order valence-corrected chi connectivity index (χ2v) is 5.58. The molecule has 1 atom stereocenters. The SMILES string of the molecule is CCCCC(CC)COc1ccc(CN)c(Br)c1F. The number of halogens is 2. The Bertz CT molecular complexity index is 398. The van der Waals surface area contributed by atoms with Crippen molar-refractivity contribution in [2.45, 2.75) is 46.1 Å². The minimum atomic E-state index is -0.353. The quantitative estimate of drug-likeness (QED) is 0.752. The number of benzene rings is 1. The predicted octanol–water partition coefficient (Wildman–Crippen LogP) is 4.64. The van der Waals surface area contributed by atoms with Crippen molar-refractivity contribution in [3.05, 3.63) is 28.0 Å². The summed E-state index contributed by atoms with van der Waals surface area (Å²) in [5.74, 6) is 0.444. The molecule has 0 saturated carbocycles. The molecule has 2 N–H and O–H groups in total.